The number of likely N-dealkylation sites (N-methyl/N-ethyl adjacent to an activating group) is 1. The van der Waals surface area contributed by atoms with E-state index in [1.807, 2.05) is 24.3 Å². The smallest absolute Gasteiger partial charge is 0.421 e. The zero-order chi connectivity index (χ0) is 19.0. The van der Waals surface area contributed by atoms with Crippen LogP contribution < -0.4 is 14.8 Å². The third kappa shape index (κ3) is 3.42. The molecule has 3 heterocycles. The number of piperazine rings is 1. The van der Waals surface area contributed by atoms with Crippen molar-refractivity contribution in [3.05, 3.63) is 45.1 Å². The van der Waals surface area contributed by atoms with Crippen LogP contribution in [0.5, 0.6) is 0 Å². The van der Waals surface area contributed by atoms with E-state index in [2.05, 4.69) is 29.8 Å². The Morgan fingerprint density at radius 2 is 2.00 bits per heavy atom. The summed E-state index contributed by atoms with van der Waals surface area (Å²) in [4.78, 5) is 25.1. The van der Waals surface area contributed by atoms with Gasteiger partial charge < -0.3 is 14.5 Å². The predicted octanol–water partition coefficient (Wildman–Crippen LogP) is 2.47. The van der Waals surface area contributed by atoms with Crippen LogP contribution in [0.4, 0.5) is 16.2 Å². The Kier molecular flexibility index (Phi) is 5.08. The highest BCUT2D eigenvalue weighted by Gasteiger charge is 2.32. The van der Waals surface area contributed by atoms with Crippen LogP contribution in [0.1, 0.15) is 4.88 Å². The van der Waals surface area contributed by atoms with Crippen molar-refractivity contribution in [2.45, 2.75) is 6.92 Å². The number of nitrogens with zero attached hydrogens (tertiary/aromatic N) is 4. The van der Waals surface area contributed by atoms with E-state index in [-0.39, 0.29) is 6.07 Å². The summed E-state index contributed by atoms with van der Waals surface area (Å²) in [6.45, 7) is 5.57. The summed E-state index contributed by atoms with van der Waals surface area (Å²) in [5.41, 5.74) is 1.46. The minimum Gasteiger partial charge on any atom is -0.433 e. The zero-order valence-corrected chi connectivity index (χ0v) is 16.9. The second-order valence-corrected chi connectivity index (χ2v) is 8.10. The molecule has 142 valence electrons. The number of ether oxygens (including phenoxy) is 1. The van der Waals surface area contributed by atoms with Gasteiger partial charge in [-0.2, -0.15) is 0 Å². The molecule has 1 aromatic carbocycles. The van der Waals surface area contributed by atoms with Gasteiger partial charge in [-0.15, -0.1) is 11.3 Å². The van der Waals surface area contributed by atoms with Gasteiger partial charge in [0.05, 0.1) is 16.6 Å². The normalized spacial score (nSPS) is 17.1. The fourth-order valence-electron chi connectivity index (χ4n) is 3.46. The minimum absolute atomic E-state index is 0.194. The number of alkyl halides is 1. The van der Waals surface area contributed by atoms with Crippen LogP contribution in [0.15, 0.2) is 35.3 Å². The second-order valence-electron chi connectivity index (χ2n) is 6.65. The van der Waals surface area contributed by atoms with E-state index >= 15 is 0 Å². The van der Waals surface area contributed by atoms with E-state index in [0.717, 1.165) is 52.5 Å². The van der Waals surface area contributed by atoms with Crippen LogP contribution in [-0.2, 0) is 4.74 Å². The average molecular weight is 405 g/mol. The summed E-state index contributed by atoms with van der Waals surface area (Å²) in [6.07, 6.45) is -0.488. The minimum atomic E-state index is -0.488. The van der Waals surface area contributed by atoms with Crippen molar-refractivity contribution in [2.24, 2.45) is 4.99 Å². The number of carbonyl (C=O) groups excluding carboxylic acids is 1. The molecule has 1 aromatic heterocycles. The van der Waals surface area contributed by atoms with E-state index in [1.165, 1.54) is 0 Å². The highest BCUT2D eigenvalue weighted by atomic mass is 35.5. The Morgan fingerprint density at radius 3 is 2.74 bits per heavy atom. The molecule has 0 bridgehead atoms. The van der Waals surface area contributed by atoms with Gasteiger partial charge >= 0.3 is 6.09 Å². The van der Waals surface area contributed by atoms with Crippen molar-refractivity contribution < 1.29 is 9.53 Å². The number of benzene rings is 1. The summed E-state index contributed by atoms with van der Waals surface area (Å²) in [5, 5.41) is 0.963. The third-order valence-electron chi connectivity index (χ3n) is 4.80. The Hall–Kier alpha value is -2.09. The number of hydrogen-bond acceptors (Lipinski definition) is 6. The molecule has 2 aliphatic rings. The molecule has 0 saturated carbocycles. The number of hydrogen-bond donors (Lipinski definition) is 0. The van der Waals surface area contributed by atoms with Crippen LogP contribution in [0.3, 0.4) is 0 Å². The van der Waals surface area contributed by atoms with E-state index in [1.54, 1.807) is 16.2 Å². The van der Waals surface area contributed by atoms with Crippen molar-refractivity contribution >= 4 is 46.2 Å². The second kappa shape index (κ2) is 7.50. The number of halogens is 1. The molecule has 2 aliphatic heterocycles. The number of anilines is 1. The zero-order valence-electron chi connectivity index (χ0n) is 15.3. The van der Waals surface area contributed by atoms with Gasteiger partial charge in [0.1, 0.15) is 10.5 Å². The highest BCUT2D eigenvalue weighted by Crippen LogP contribution is 2.34. The number of amides is 1. The Balaban J connectivity index is 1.97. The van der Waals surface area contributed by atoms with Gasteiger partial charge in [-0.05, 0) is 32.2 Å². The van der Waals surface area contributed by atoms with Crippen LogP contribution in [-0.4, -0.2) is 55.2 Å². The van der Waals surface area contributed by atoms with Crippen LogP contribution in [0, 0.1) is 6.92 Å². The fraction of sp³-hybridized carbons (Fsp3) is 0.368. The first-order chi connectivity index (χ1) is 13.1. The molecule has 1 saturated heterocycles. The fourth-order valence-corrected chi connectivity index (χ4v) is 4.44. The summed E-state index contributed by atoms with van der Waals surface area (Å²) in [5.74, 6) is 0.825. The molecule has 0 N–H and O–H groups in total. The first-order valence-electron chi connectivity index (χ1n) is 8.83. The van der Waals surface area contributed by atoms with Crippen molar-refractivity contribution in [3.63, 3.8) is 0 Å². The van der Waals surface area contributed by atoms with Gasteiger partial charge in [0.15, 0.2) is 6.07 Å². The van der Waals surface area contributed by atoms with Crippen molar-refractivity contribution in [1.82, 2.24) is 9.80 Å². The summed E-state index contributed by atoms with van der Waals surface area (Å²) in [7, 11) is 2.11. The molecule has 1 amide bonds. The van der Waals surface area contributed by atoms with E-state index in [0.29, 0.717) is 5.69 Å². The van der Waals surface area contributed by atoms with Gasteiger partial charge in [-0.3, -0.25) is 0 Å². The maximum atomic E-state index is 13.0. The number of aryl methyl sites for hydroxylation is 1. The van der Waals surface area contributed by atoms with Crippen LogP contribution >= 0.6 is 22.9 Å². The lowest BCUT2D eigenvalue weighted by Crippen LogP contribution is -2.51. The van der Waals surface area contributed by atoms with E-state index in [4.69, 9.17) is 21.3 Å². The van der Waals surface area contributed by atoms with Gasteiger partial charge in [0, 0.05) is 31.1 Å². The maximum Gasteiger partial charge on any atom is 0.421 e. The molecule has 2 aromatic rings. The van der Waals surface area contributed by atoms with Gasteiger partial charge in [0.2, 0.25) is 0 Å². The molecule has 0 atom stereocenters. The molecule has 4 rings (SSSR count). The quantitative estimate of drug-likeness (QED) is 0.721. The van der Waals surface area contributed by atoms with Gasteiger partial charge in [-0.1, -0.05) is 23.7 Å². The lowest BCUT2D eigenvalue weighted by Gasteiger charge is -2.38. The number of thiophene rings is 1. The first-order valence-corrected chi connectivity index (χ1v) is 10.2. The number of rotatable bonds is 2. The van der Waals surface area contributed by atoms with Crippen molar-refractivity contribution in [1.29, 1.82) is 0 Å². The molecule has 6 nitrogen and oxygen atoms in total. The Morgan fingerprint density at radius 1 is 1.26 bits per heavy atom. The van der Waals surface area contributed by atoms with Crippen LogP contribution in [0.2, 0.25) is 0 Å². The number of para-hydroxylation sites is 2. The Bertz CT molecular complexity index is 982. The van der Waals surface area contributed by atoms with Gasteiger partial charge in [0.25, 0.3) is 0 Å². The molecule has 27 heavy (non-hydrogen) atoms. The summed E-state index contributed by atoms with van der Waals surface area (Å²) >= 11 is 7.35. The molecule has 1 fully saturated rings. The molecule has 8 heteroatoms. The third-order valence-corrected chi connectivity index (χ3v) is 5.85. The van der Waals surface area contributed by atoms with Crippen LogP contribution in [0.25, 0.3) is 5.82 Å². The molecular weight excluding hydrogens is 384 g/mol. The topological polar surface area (TPSA) is 48.4 Å². The monoisotopic (exact) mass is 404 g/mol. The maximum absolute atomic E-state index is 13.0. The SMILES string of the molecule is Cc1cc2c(s1)=Nc1ccccc1N(C(=O)OCCl)C=2N1CCN(C)CC1. The largest absolute Gasteiger partial charge is 0.433 e. The van der Waals surface area contributed by atoms with Crippen molar-refractivity contribution in [2.75, 3.05) is 44.2 Å². The average Bonchev–Trinajstić information content (AvgIpc) is 2.95. The van der Waals surface area contributed by atoms with Gasteiger partial charge in [-0.25, -0.2) is 14.7 Å². The number of fused-ring (bicyclic) bond motifs is 2. The number of carbonyl (C=O) groups is 1. The van der Waals surface area contributed by atoms with E-state index < -0.39 is 6.09 Å². The lowest BCUT2D eigenvalue weighted by atomic mass is 10.2. The Labute approximate surface area is 166 Å². The van der Waals surface area contributed by atoms with Crippen molar-refractivity contribution in [3.8, 4) is 0 Å². The molecule has 0 radical (unpaired) electrons. The molecule has 0 aliphatic carbocycles. The lowest BCUT2D eigenvalue weighted by molar-refractivity contribution is 0.170. The molecule has 0 unspecified atom stereocenters. The summed E-state index contributed by atoms with van der Waals surface area (Å²) < 4.78 is 6.13. The molecular formula is C19H21ClN4O2S. The van der Waals surface area contributed by atoms with E-state index in [9.17, 15) is 4.79 Å². The highest BCUT2D eigenvalue weighted by molar-refractivity contribution is 7.09. The predicted molar refractivity (Wildman–Crippen MR) is 108 cm³/mol. The first kappa shape index (κ1) is 18.3. The standard InChI is InChI=1S/C19H21ClN4O2S/c1-13-11-14-17(27-13)21-15-5-3-4-6-16(15)24(19(25)26-12-20)18(14)23-9-7-22(2)8-10-23/h3-6,11H,7-10,12H2,1-2H3. The molecule has 0 spiro atoms. The summed E-state index contributed by atoms with van der Waals surface area (Å²) in [6, 6.07) is 9.55.